The Morgan fingerprint density at radius 1 is 0.846 bits per heavy atom. The molecule has 0 aliphatic heterocycles. The van der Waals surface area contributed by atoms with E-state index in [0.717, 1.165) is 28.7 Å². The predicted molar refractivity (Wildman–Crippen MR) is 156 cm³/mol. The lowest BCUT2D eigenvalue weighted by Crippen LogP contribution is -2.52. The number of nitrogens with one attached hydrogen (secondary N) is 1. The van der Waals surface area contributed by atoms with Gasteiger partial charge in [0.1, 0.15) is 12.6 Å². The summed E-state index contributed by atoms with van der Waals surface area (Å²) in [6, 6.07) is 20.5. The number of anilines is 1. The number of carbonyl (C=O) groups excluding carboxylic acids is 2. The second kappa shape index (κ2) is 13.4. The minimum Gasteiger partial charge on any atom is -0.354 e. The van der Waals surface area contributed by atoms with Crippen molar-refractivity contribution in [3.63, 3.8) is 0 Å². The summed E-state index contributed by atoms with van der Waals surface area (Å²) in [6.45, 7) is 9.79. The number of amides is 2. The Labute approximate surface area is 232 Å². The monoisotopic (exact) mass is 549 g/mol. The molecular weight excluding hydrogens is 510 g/mol. The summed E-state index contributed by atoms with van der Waals surface area (Å²) in [7, 11) is -4.08. The van der Waals surface area contributed by atoms with E-state index in [2.05, 4.69) is 5.32 Å². The first kappa shape index (κ1) is 29.9. The zero-order valence-electron chi connectivity index (χ0n) is 23.5. The lowest BCUT2D eigenvalue weighted by molar-refractivity contribution is -0.140. The molecule has 0 saturated carbocycles. The van der Waals surface area contributed by atoms with Gasteiger partial charge in [0.15, 0.2) is 0 Å². The number of benzene rings is 3. The van der Waals surface area contributed by atoms with Crippen molar-refractivity contribution < 1.29 is 18.0 Å². The fraction of sp³-hybridized carbons (Fsp3) is 0.355. The topological polar surface area (TPSA) is 86.8 Å². The van der Waals surface area contributed by atoms with Crippen molar-refractivity contribution in [3.05, 3.63) is 95.1 Å². The van der Waals surface area contributed by atoms with Gasteiger partial charge in [-0.05, 0) is 74.1 Å². The van der Waals surface area contributed by atoms with Crippen molar-refractivity contribution in [1.82, 2.24) is 10.2 Å². The molecule has 208 valence electrons. The molecule has 0 aromatic heterocycles. The smallest absolute Gasteiger partial charge is 0.264 e. The van der Waals surface area contributed by atoms with Crippen LogP contribution in [-0.2, 0) is 26.2 Å². The Bertz CT molecular complexity index is 1390. The second-order valence-corrected chi connectivity index (χ2v) is 11.6. The quantitative estimate of drug-likeness (QED) is 0.339. The molecule has 1 atom stereocenters. The van der Waals surface area contributed by atoms with Crippen LogP contribution in [0.5, 0.6) is 0 Å². The van der Waals surface area contributed by atoms with Gasteiger partial charge in [0, 0.05) is 13.1 Å². The Hall–Kier alpha value is -3.65. The maximum Gasteiger partial charge on any atom is 0.264 e. The predicted octanol–water partition coefficient (Wildman–Crippen LogP) is 5.14. The van der Waals surface area contributed by atoms with E-state index in [1.165, 1.54) is 21.3 Å². The van der Waals surface area contributed by atoms with E-state index in [-0.39, 0.29) is 17.3 Å². The van der Waals surface area contributed by atoms with Gasteiger partial charge in [-0.2, -0.15) is 0 Å². The maximum atomic E-state index is 14.1. The van der Waals surface area contributed by atoms with Gasteiger partial charge in [-0.3, -0.25) is 13.9 Å². The van der Waals surface area contributed by atoms with Crippen LogP contribution in [0.25, 0.3) is 0 Å². The highest BCUT2D eigenvalue weighted by atomic mass is 32.2. The molecule has 7 nitrogen and oxygen atoms in total. The third-order valence-electron chi connectivity index (χ3n) is 6.99. The number of hydrogen-bond acceptors (Lipinski definition) is 4. The molecule has 39 heavy (non-hydrogen) atoms. The van der Waals surface area contributed by atoms with Crippen molar-refractivity contribution in [2.45, 2.75) is 64.9 Å². The van der Waals surface area contributed by atoms with E-state index in [0.29, 0.717) is 18.7 Å². The molecule has 3 aromatic rings. The third kappa shape index (κ3) is 7.06. The summed E-state index contributed by atoms with van der Waals surface area (Å²) >= 11 is 0. The minimum atomic E-state index is -4.08. The molecule has 3 rings (SSSR count). The highest BCUT2D eigenvalue weighted by molar-refractivity contribution is 7.92. The van der Waals surface area contributed by atoms with Gasteiger partial charge < -0.3 is 10.2 Å². The van der Waals surface area contributed by atoms with Gasteiger partial charge in [0.05, 0.1) is 10.6 Å². The van der Waals surface area contributed by atoms with Crippen LogP contribution in [-0.4, -0.2) is 44.3 Å². The van der Waals surface area contributed by atoms with E-state index in [4.69, 9.17) is 0 Å². The molecule has 0 fully saturated rings. The van der Waals surface area contributed by atoms with Crippen LogP contribution in [0.1, 0.15) is 48.9 Å². The van der Waals surface area contributed by atoms with Gasteiger partial charge in [-0.15, -0.1) is 0 Å². The van der Waals surface area contributed by atoms with Crippen LogP contribution in [0.15, 0.2) is 77.7 Å². The fourth-order valence-corrected chi connectivity index (χ4v) is 5.99. The van der Waals surface area contributed by atoms with Crippen LogP contribution in [0.2, 0.25) is 0 Å². The van der Waals surface area contributed by atoms with Crippen LogP contribution in [0.3, 0.4) is 0 Å². The molecule has 0 unspecified atom stereocenters. The van der Waals surface area contributed by atoms with Crippen molar-refractivity contribution in [2.75, 3.05) is 17.4 Å². The van der Waals surface area contributed by atoms with Gasteiger partial charge in [-0.25, -0.2) is 8.42 Å². The fourth-order valence-electron chi connectivity index (χ4n) is 4.50. The zero-order valence-corrected chi connectivity index (χ0v) is 24.3. The van der Waals surface area contributed by atoms with E-state index in [1.54, 1.807) is 30.3 Å². The molecule has 0 aliphatic rings. The zero-order chi connectivity index (χ0) is 28.6. The Kier molecular flexibility index (Phi) is 10.3. The highest BCUT2D eigenvalue weighted by Gasteiger charge is 2.34. The molecule has 0 spiro atoms. The SMILES string of the molecule is CCCNC(=O)[C@H](CC)N(Cc1ccccc1C)C(=O)CN(c1cccc(C)c1C)S(=O)(=O)c1ccccc1. The molecule has 1 N–H and O–H groups in total. The summed E-state index contributed by atoms with van der Waals surface area (Å²) in [4.78, 5) is 28.9. The first-order chi connectivity index (χ1) is 18.6. The molecule has 0 saturated heterocycles. The summed E-state index contributed by atoms with van der Waals surface area (Å²) < 4.78 is 29.1. The highest BCUT2D eigenvalue weighted by Crippen LogP contribution is 2.29. The van der Waals surface area contributed by atoms with Crippen molar-refractivity contribution in [2.24, 2.45) is 0 Å². The van der Waals surface area contributed by atoms with E-state index >= 15 is 0 Å². The van der Waals surface area contributed by atoms with Crippen molar-refractivity contribution >= 4 is 27.5 Å². The number of sulfonamides is 1. The molecule has 0 bridgehead atoms. The number of nitrogens with zero attached hydrogens (tertiary/aromatic N) is 2. The average Bonchev–Trinajstić information content (AvgIpc) is 2.93. The van der Waals surface area contributed by atoms with E-state index in [9.17, 15) is 18.0 Å². The maximum absolute atomic E-state index is 14.1. The first-order valence-electron chi connectivity index (χ1n) is 13.4. The molecule has 8 heteroatoms. The normalized spacial score (nSPS) is 12.0. The molecule has 0 radical (unpaired) electrons. The molecule has 3 aromatic carbocycles. The lowest BCUT2D eigenvalue weighted by Gasteiger charge is -2.34. The Morgan fingerprint density at radius 2 is 1.49 bits per heavy atom. The second-order valence-electron chi connectivity index (χ2n) is 9.71. The molecule has 0 heterocycles. The Morgan fingerprint density at radius 3 is 2.13 bits per heavy atom. The van der Waals surface area contributed by atoms with E-state index < -0.39 is 28.5 Å². The molecule has 0 aliphatic carbocycles. The number of aryl methyl sites for hydroxylation is 2. The number of hydrogen-bond donors (Lipinski definition) is 1. The summed E-state index contributed by atoms with van der Waals surface area (Å²) in [5, 5.41) is 2.91. The summed E-state index contributed by atoms with van der Waals surface area (Å²) in [6.07, 6.45) is 1.16. The van der Waals surface area contributed by atoms with Gasteiger partial charge >= 0.3 is 0 Å². The number of rotatable bonds is 12. The van der Waals surface area contributed by atoms with Gasteiger partial charge in [0.25, 0.3) is 10.0 Å². The van der Waals surface area contributed by atoms with Crippen molar-refractivity contribution in [3.8, 4) is 0 Å². The Balaban J connectivity index is 2.09. The standard InChI is InChI=1S/C31H39N3O4S/c1-6-20-32-31(36)28(7-2)33(21-26-16-12-11-14-24(26)4)30(35)22-34(29-19-13-15-23(3)25(29)5)39(37,38)27-17-9-8-10-18-27/h8-19,28H,6-7,20-22H2,1-5H3,(H,32,36)/t28-/m0/s1. The van der Waals surface area contributed by atoms with Crippen molar-refractivity contribution in [1.29, 1.82) is 0 Å². The average molecular weight is 550 g/mol. The van der Waals surface area contributed by atoms with Gasteiger partial charge in [0.2, 0.25) is 11.8 Å². The molecular formula is C31H39N3O4S. The van der Waals surface area contributed by atoms with Crippen LogP contribution in [0, 0.1) is 20.8 Å². The van der Waals surface area contributed by atoms with Crippen LogP contribution in [0.4, 0.5) is 5.69 Å². The summed E-state index contributed by atoms with van der Waals surface area (Å²) in [5.74, 6) is -0.692. The molecule has 2 amide bonds. The third-order valence-corrected chi connectivity index (χ3v) is 8.77. The summed E-state index contributed by atoms with van der Waals surface area (Å²) in [5.41, 5.74) is 4.00. The minimum absolute atomic E-state index is 0.0943. The van der Waals surface area contributed by atoms with Gasteiger partial charge in [-0.1, -0.05) is 68.4 Å². The van der Waals surface area contributed by atoms with Crippen LogP contribution < -0.4 is 9.62 Å². The largest absolute Gasteiger partial charge is 0.354 e. The first-order valence-corrected chi connectivity index (χ1v) is 14.8. The number of carbonyl (C=O) groups is 2. The van der Waals surface area contributed by atoms with E-state index in [1.807, 2.05) is 65.0 Å². The lowest BCUT2D eigenvalue weighted by atomic mass is 10.1. The van der Waals surface area contributed by atoms with Crippen LogP contribution >= 0.6 is 0 Å².